The van der Waals surface area contributed by atoms with Crippen molar-refractivity contribution in [2.24, 2.45) is 5.73 Å². The number of anilines is 1. The van der Waals surface area contributed by atoms with Crippen molar-refractivity contribution in [1.29, 1.82) is 0 Å². The molecule has 0 bridgehead atoms. The fourth-order valence-corrected chi connectivity index (χ4v) is 2.72. The summed E-state index contributed by atoms with van der Waals surface area (Å²) in [6.07, 6.45) is 0.0381. The Kier molecular flexibility index (Phi) is 6.14. The summed E-state index contributed by atoms with van der Waals surface area (Å²) in [5.74, 6) is 0.216. The Labute approximate surface area is 143 Å². The van der Waals surface area contributed by atoms with E-state index in [4.69, 9.17) is 15.2 Å². The fraction of sp³-hybridized carbons (Fsp3) is 0.312. The molecule has 2 aromatic rings. The second-order valence-electron chi connectivity index (χ2n) is 4.77. The van der Waals surface area contributed by atoms with Gasteiger partial charge in [0.2, 0.25) is 5.91 Å². The zero-order valence-corrected chi connectivity index (χ0v) is 14.3. The van der Waals surface area contributed by atoms with Crippen molar-refractivity contribution >= 4 is 28.3 Å². The van der Waals surface area contributed by atoms with Gasteiger partial charge < -0.3 is 15.2 Å². The molecule has 0 aliphatic rings. The highest BCUT2D eigenvalue weighted by Crippen LogP contribution is 2.26. The van der Waals surface area contributed by atoms with Crippen LogP contribution >= 0.6 is 11.3 Å². The lowest BCUT2D eigenvalue weighted by molar-refractivity contribution is -0.117. The highest BCUT2D eigenvalue weighted by molar-refractivity contribution is 7.14. The molecular weight excluding hydrogens is 330 g/mol. The number of ether oxygens (including phenoxy) is 2. The van der Waals surface area contributed by atoms with Crippen LogP contribution in [-0.4, -0.2) is 30.0 Å². The van der Waals surface area contributed by atoms with Gasteiger partial charge in [-0.2, -0.15) is 0 Å². The highest BCUT2D eigenvalue weighted by Gasteiger charge is 2.16. The molecule has 2 amide bonds. The van der Waals surface area contributed by atoms with E-state index < -0.39 is 5.91 Å². The van der Waals surface area contributed by atoms with E-state index in [0.717, 1.165) is 0 Å². The standard InChI is InChI=1S/C16H19N3O4S/c1-3-22-11-5-6-13(23-4-2)12(8-11)15(21)19-16-18-10(9-24-16)7-14(17)20/h5-6,8-9H,3-4,7H2,1-2H3,(H2,17,20)(H,18,19,21). The third-order valence-electron chi connectivity index (χ3n) is 2.93. The molecule has 2 rings (SSSR count). The van der Waals surface area contributed by atoms with E-state index in [1.54, 1.807) is 23.6 Å². The number of carbonyl (C=O) groups excluding carboxylic acids is 2. The van der Waals surface area contributed by atoms with Crippen molar-refractivity contribution in [3.8, 4) is 11.5 Å². The number of rotatable bonds is 8. The maximum atomic E-state index is 12.5. The molecule has 24 heavy (non-hydrogen) atoms. The first-order chi connectivity index (χ1) is 11.5. The molecule has 1 aromatic heterocycles. The Morgan fingerprint density at radius 3 is 2.67 bits per heavy atom. The van der Waals surface area contributed by atoms with E-state index in [-0.39, 0.29) is 12.3 Å². The molecule has 1 heterocycles. The van der Waals surface area contributed by atoms with Crippen LogP contribution in [0.5, 0.6) is 11.5 Å². The number of nitrogens with zero attached hydrogens (tertiary/aromatic N) is 1. The molecule has 3 N–H and O–H groups in total. The minimum Gasteiger partial charge on any atom is -0.494 e. The van der Waals surface area contributed by atoms with Crippen LogP contribution in [0.15, 0.2) is 23.6 Å². The predicted molar refractivity (Wildman–Crippen MR) is 91.7 cm³/mol. The Morgan fingerprint density at radius 1 is 1.25 bits per heavy atom. The number of hydrogen-bond acceptors (Lipinski definition) is 6. The normalized spacial score (nSPS) is 10.2. The van der Waals surface area contributed by atoms with Crippen LogP contribution in [0.2, 0.25) is 0 Å². The molecule has 0 unspecified atom stereocenters. The number of nitrogens with one attached hydrogen (secondary N) is 1. The number of primary amides is 1. The topological polar surface area (TPSA) is 104 Å². The van der Waals surface area contributed by atoms with Gasteiger partial charge >= 0.3 is 0 Å². The molecule has 0 aliphatic heterocycles. The summed E-state index contributed by atoms with van der Waals surface area (Å²) >= 11 is 1.23. The summed E-state index contributed by atoms with van der Waals surface area (Å²) in [7, 11) is 0. The number of amides is 2. The SMILES string of the molecule is CCOc1ccc(OCC)c(C(=O)Nc2nc(CC(N)=O)cs2)c1. The van der Waals surface area contributed by atoms with Crippen molar-refractivity contribution in [3.05, 3.63) is 34.8 Å². The van der Waals surface area contributed by atoms with Gasteiger partial charge in [0, 0.05) is 5.38 Å². The number of benzene rings is 1. The number of carbonyl (C=O) groups is 2. The summed E-state index contributed by atoms with van der Waals surface area (Å²) in [6.45, 7) is 4.65. The molecule has 0 atom stereocenters. The van der Waals surface area contributed by atoms with Gasteiger partial charge in [-0.15, -0.1) is 11.3 Å². The first kappa shape index (κ1) is 17.7. The van der Waals surface area contributed by atoms with Crippen LogP contribution in [0, 0.1) is 0 Å². The summed E-state index contributed by atoms with van der Waals surface area (Å²) < 4.78 is 10.9. The van der Waals surface area contributed by atoms with Gasteiger partial charge in [0.1, 0.15) is 11.5 Å². The van der Waals surface area contributed by atoms with Gasteiger partial charge in [0.15, 0.2) is 5.13 Å². The number of aromatic nitrogens is 1. The molecule has 7 nitrogen and oxygen atoms in total. The maximum Gasteiger partial charge on any atom is 0.261 e. The summed E-state index contributed by atoms with van der Waals surface area (Å²) in [6, 6.07) is 5.07. The number of thiazole rings is 1. The summed E-state index contributed by atoms with van der Waals surface area (Å²) in [5.41, 5.74) is 6.01. The van der Waals surface area contributed by atoms with Crippen molar-refractivity contribution in [2.45, 2.75) is 20.3 Å². The Bertz CT molecular complexity index is 730. The average Bonchev–Trinajstić information content (AvgIpc) is 2.95. The molecule has 8 heteroatoms. The molecule has 0 spiro atoms. The second-order valence-corrected chi connectivity index (χ2v) is 5.62. The third-order valence-corrected chi connectivity index (χ3v) is 3.74. The molecule has 0 saturated carbocycles. The predicted octanol–water partition coefficient (Wildman–Crippen LogP) is 2.22. The van der Waals surface area contributed by atoms with Crippen LogP contribution in [0.3, 0.4) is 0 Å². The van der Waals surface area contributed by atoms with Crippen molar-refractivity contribution in [3.63, 3.8) is 0 Å². The molecule has 128 valence electrons. The molecule has 0 saturated heterocycles. The average molecular weight is 349 g/mol. The molecule has 1 aromatic carbocycles. The van der Waals surface area contributed by atoms with Gasteiger partial charge in [-0.3, -0.25) is 14.9 Å². The van der Waals surface area contributed by atoms with E-state index in [9.17, 15) is 9.59 Å². The van der Waals surface area contributed by atoms with Crippen LogP contribution in [0.1, 0.15) is 29.9 Å². The minimum absolute atomic E-state index is 0.0381. The second kappa shape index (κ2) is 8.30. The quantitative estimate of drug-likeness (QED) is 0.760. The molecule has 0 radical (unpaired) electrons. The van der Waals surface area contributed by atoms with Gasteiger partial charge in [0.25, 0.3) is 5.91 Å². The van der Waals surface area contributed by atoms with Gasteiger partial charge in [-0.05, 0) is 32.0 Å². The maximum absolute atomic E-state index is 12.5. The number of hydrogen-bond donors (Lipinski definition) is 2. The van der Waals surface area contributed by atoms with E-state index in [1.165, 1.54) is 11.3 Å². The third kappa shape index (κ3) is 4.69. The summed E-state index contributed by atoms with van der Waals surface area (Å²) in [4.78, 5) is 27.6. The molecule has 0 aliphatic carbocycles. The van der Waals surface area contributed by atoms with Crippen LogP contribution < -0.4 is 20.5 Å². The first-order valence-corrected chi connectivity index (χ1v) is 8.35. The Balaban J connectivity index is 2.19. The van der Waals surface area contributed by atoms with Crippen LogP contribution in [-0.2, 0) is 11.2 Å². The van der Waals surface area contributed by atoms with Crippen molar-refractivity contribution in [2.75, 3.05) is 18.5 Å². The van der Waals surface area contributed by atoms with Crippen LogP contribution in [0.25, 0.3) is 0 Å². The van der Waals surface area contributed by atoms with E-state index >= 15 is 0 Å². The molecular formula is C16H19N3O4S. The van der Waals surface area contributed by atoms with E-state index in [1.807, 2.05) is 13.8 Å². The van der Waals surface area contributed by atoms with Gasteiger partial charge in [-0.25, -0.2) is 4.98 Å². The van der Waals surface area contributed by atoms with Gasteiger partial charge in [-0.1, -0.05) is 0 Å². The minimum atomic E-state index is -0.471. The zero-order chi connectivity index (χ0) is 17.5. The number of nitrogens with two attached hydrogens (primary N) is 1. The smallest absolute Gasteiger partial charge is 0.261 e. The lowest BCUT2D eigenvalue weighted by Crippen LogP contribution is -2.15. The van der Waals surface area contributed by atoms with Gasteiger partial charge in [0.05, 0.1) is 30.9 Å². The highest BCUT2D eigenvalue weighted by atomic mass is 32.1. The zero-order valence-electron chi connectivity index (χ0n) is 13.5. The monoisotopic (exact) mass is 349 g/mol. The Morgan fingerprint density at radius 2 is 2.00 bits per heavy atom. The molecule has 0 fully saturated rings. The van der Waals surface area contributed by atoms with Crippen LogP contribution in [0.4, 0.5) is 5.13 Å². The lowest BCUT2D eigenvalue weighted by atomic mass is 10.1. The first-order valence-electron chi connectivity index (χ1n) is 7.47. The summed E-state index contributed by atoms with van der Waals surface area (Å²) in [5, 5.41) is 4.77. The Hall–Kier alpha value is -2.61. The lowest BCUT2D eigenvalue weighted by Gasteiger charge is -2.11. The van der Waals surface area contributed by atoms with E-state index in [2.05, 4.69) is 10.3 Å². The van der Waals surface area contributed by atoms with Crippen molar-refractivity contribution < 1.29 is 19.1 Å². The fourth-order valence-electron chi connectivity index (χ4n) is 2.01. The largest absolute Gasteiger partial charge is 0.494 e. The van der Waals surface area contributed by atoms with E-state index in [0.29, 0.717) is 41.1 Å². The van der Waals surface area contributed by atoms with Crippen molar-refractivity contribution in [1.82, 2.24) is 4.98 Å².